The molecule has 0 bridgehead atoms. The number of hydrogen-bond donors (Lipinski definition) is 1. The van der Waals surface area contributed by atoms with Gasteiger partial charge in [0.15, 0.2) is 0 Å². The molecular formula is C17H20BrNS. The molecule has 1 heterocycles. The number of hydrogen-bond acceptors (Lipinski definition) is 2. The molecule has 2 aromatic rings. The van der Waals surface area contributed by atoms with Gasteiger partial charge in [0.1, 0.15) is 0 Å². The van der Waals surface area contributed by atoms with Crippen LogP contribution in [-0.4, -0.2) is 12.1 Å². The van der Waals surface area contributed by atoms with E-state index in [1.54, 1.807) is 0 Å². The summed E-state index contributed by atoms with van der Waals surface area (Å²) in [7, 11) is 0. The zero-order valence-electron chi connectivity index (χ0n) is 11.7. The van der Waals surface area contributed by atoms with Gasteiger partial charge in [-0.1, -0.05) is 40.2 Å². The normalized spacial score (nSPS) is 23.3. The molecule has 0 radical (unpaired) electrons. The van der Waals surface area contributed by atoms with Crippen molar-refractivity contribution >= 4 is 27.3 Å². The summed E-state index contributed by atoms with van der Waals surface area (Å²) < 4.78 is 1.26. The Hall–Kier alpha value is -0.640. The molecule has 0 amide bonds. The van der Waals surface area contributed by atoms with E-state index in [2.05, 4.69) is 69.9 Å². The SMILES string of the molecule is CC(Cc1cccs1)NC1CC(c2ccccc2Br)C1. The van der Waals surface area contributed by atoms with Gasteiger partial charge in [-0.15, -0.1) is 11.3 Å². The standard InChI is InChI=1S/C17H20BrNS/c1-12(9-15-5-4-8-20-15)19-14-10-13(11-14)16-6-2-3-7-17(16)18/h2-8,12-14,19H,9-11H2,1H3. The molecule has 3 rings (SSSR count). The summed E-state index contributed by atoms with van der Waals surface area (Å²) in [5.41, 5.74) is 1.47. The summed E-state index contributed by atoms with van der Waals surface area (Å²) >= 11 is 5.52. The van der Waals surface area contributed by atoms with Gasteiger partial charge in [0.25, 0.3) is 0 Å². The van der Waals surface area contributed by atoms with Crippen LogP contribution in [0.2, 0.25) is 0 Å². The van der Waals surface area contributed by atoms with Crippen LogP contribution in [0.15, 0.2) is 46.3 Å². The highest BCUT2D eigenvalue weighted by atomic mass is 79.9. The first kappa shape index (κ1) is 14.3. The second-order valence-corrected chi connectivity index (χ2v) is 7.62. The minimum Gasteiger partial charge on any atom is -0.311 e. The average Bonchev–Trinajstić information content (AvgIpc) is 2.87. The molecule has 3 heteroatoms. The van der Waals surface area contributed by atoms with E-state index >= 15 is 0 Å². The van der Waals surface area contributed by atoms with Crippen molar-refractivity contribution in [2.75, 3.05) is 0 Å². The molecule has 1 atom stereocenters. The second kappa shape index (κ2) is 6.42. The summed E-state index contributed by atoms with van der Waals surface area (Å²) in [5.74, 6) is 0.719. The first-order valence-corrected chi connectivity index (χ1v) is 8.92. The highest BCUT2D eigenvalue weighted by Crippen LogP contribution is 2.40. The van der Waals surface area contributed by atoms with Crippen molar-refractivity contribution in [3.8, 4) is 0 Å². The van der Waals surface area contributed by atoms with Crippen LogP contribution in [0.1, 0.15) is 36.1 Å². The molecule has 20 heavy (non-hydrogen) atoms. The lowest BCUT2D eigenvalue weighted by Gasteiger charge is -2.38. The van der Waals surface area contributed by atoms with E-state index in [0.29, 0.717) is 12.1 Å². The molecule has 106 valence electrons. The molecule has 0 aliphatic heterocycles. The fourth-order valence-corrected chi connectivity index (χ4v) is 4.45. The predicted octanol–water partition coefficient (Wildman–Crippen LogP) is 4.98. The third-order valence-electron chi connectivity index (χ3n) is 4.09. The maximum atomic E-state index is 3.77. The minimum atomic E-state index is 0.568. The number of benzene rings is 1. The van der Waals surface area contributed by atoms with Crippen molar-refractivity contribution in [3.05, 3.63) is 56.7 Å². The molecule has 1 nitrogen and oxygen atoms in total. The molecule has 1 aliphatic rings. The van der Waals surface area contributed by atoms with Crippen LogP contribution >= 0.6 is 27.3 Å². The van der Waals surface area contributed by atoms with Gasteiger partial charge in [0.05, 0.1) is 0 Å². The highest BCUT2D eigenvalue weighted by molar-refractivity contribution is 9.10. The molecule has 0 spiro atoms. The molecule has 1 unspecified atom stereocenters. The Balaban J connectivity index is 1.47. The summed E-state index contributed by atoms with van der Waals surface area (Å²) in [6, 6.07) is 14.2. The van der Waals surface area contributed by atoms with Crippen LogP contribution in [0.4, 0.5) is 0 Å². The largest absolute Gasteiger partial charge is 0.311 e. The first-order chi connectivity index (χ1) is 9.72. The molecule has 1 aromatic carbocycles. The smallest absolute Gasteiger partial charge is 0.0210 e. The third kappa shape index (κ3) is 3.33. The summed E-state index contributed by atoms with van der Waals surface area (Å²) in [6.45, 7) is 2.30. The van der Waals surface area contributed by atoms with Gasteiger partial charge in [-0.25, -0.2) is 0 Å². The highest BCUT2D eigenvalue weighted by Gasteiger charge is 2.31. The minimum absolute atomic E-state index is 0.568. The van der Waals surface area contributed by atoms with Crippen LogP contribution in [0.25, 0.3) is 0 Å². The number of halogens is 1. The number of nitrogens with one attached hydrogen (secondary N) is 1. The van der Waals surface area contributed by atoms with Gasteiger partial charge in [-0.05, 0) is 55.2 Å². The lowest BCUT2D eigenvalue weighted by Crippen LogP contribution is -2.45. The van der Waals surface area contributed by atoms with Gasteiger partial charge >= 0.3 is 0 Å². The van der Waals surface area contributed by atoms with Gasteiger partial charge in [0, 0.05) is 21.4 Å². The number of rotatable bonds is 5. The molecule has 1 aliphatic carbocycles. The van der Waals surface area contributed by atoms with E-state index in [1.807, 2.05) is 11.3 Å². The van der Waals surface area contributed by atoms with E-state index in [4.69, 9.17) is 0 Å². The fourth-order valence-electron chi connectivity index (χ4n) is 3.01. The Kier molecular flexibility index (Phi) is 4.59. The monoisotopic (exact) mass is 349 g/mol. The molecule has 0 saturated heterocycles. The van der Waals surface area contributed by atoms with E-state index in [0.717, 1.165) is 12.3 Å². The molecule has 1 saturated carbocycles. The molecule has 1 fully saturated rings. The lowest BCUT2D eigenvalue weighted by atomic mass is 9.75. The van der Waals surface area contributed by atoms with Crippen molar-refractivity contribution in [2.24, 2.45) is 0 Å². The Bertz CT molecular complexity index is 546. The van der Waals surface area contributed by atoms with Crippen LogP contribution < -0.4 is 5.32 Å². The van der Waals surface area contributed by atoms with Crippen LogP contribution in [0.5, 0.6) is 0 Å². The van der Waals surface area contributed by atoms with Crippen LogP contribution in [-0.2, 0) is 6.42 Å². The fraction of sp³-hybridized carbons (Fsp3) is 0.412. The average molecular weight is 350 g/mol. The number of thiophene rings is 1. The lowest BCUT2D eigenvalue weighted by molar-refractivity contribution is 0.269. The molecular weight excluding hydrogens is 330 g/mol. The van der Waals surface area contributed by atoms with Crippen molar-refractivity contribution in [1.82, 2.24) is 5.32 Å². The quantitative estimate of drug-likeness (QED) is 0.802. The molecule has 1 N–H and O–H groups in total. The zero-order valence-corrected chi connectivity index (χ0v) is 14.1. The van der Waals surface area contributed by atoms with Crippen LogP contribution in [0, 0.1) is 0 Å². The van der Waals surface area contributed by atoms with E-state index < -0.39 is 0 Å². The van der Waals surface area contributed by atoms with Gasteiger partial charge in [0.2, 0.25) is 0 Å². The van der Waals surface area contributed by atoms with Crippen LogP contribution in [0.3, 0.4) is 0 Å². The summed E-state index contributed by atoms with van der Waals surface area (Å²) in [5, 5.41) is 5.93. The Morgan fingerprint density at radius 1 is 1.25 bits per heavy atom. The Labute approximate surface area is 133 Å². The summed E-state index contributed by atoms with van der Waals surface area (Å²) in [6.07, 6.45) is 3.67. The zero-order chi connectivity index (χ0) is 13.9. The Morgan fingerprint density at radius 3 is 2.75 bits per heavy atom. The summed E-state index contributed by atoms with van der Waals surface area (Å²) in [4.78, 5) is 1.48. The van der Waals surface area contributed by atoms with E-state index in [9.17, 15) is 0 Å². The van der Waals surface area contributed by atoms with Gasteiger partial charge in [-0.2, -0.15) is 0 Å². The maximum absolute atomic E-state index is 3.77. The van der Waals surface area contributed by atoms with E-state index in [1.165, 1.54) is 27.8 Å². The second-order valence-electron chi connectivity index (χ2n) is 5.74. The van der Waals surface area contributed by atoms with Crippen molar-refractivity contribution in [3.63, 3.8) is 0 Å². The van der Waals surface area contributed by atoms with Gasteiger partial charge in [-0.3, -0.25) is 0 Å². The van der Waals surface area contributed by atoms with Crippen molar-refractivity contribution in [1.29, 1.82) is 0 Å². The first-order valence-electron chi connectivity index (χ1n) is 7.25. The van der Waals surface area contributed by atoms with Gasteiger partial charge < -0.3 is 5.32 Å². The van der Waals surface area contributed by atoms with Crippen molar-refractivity contribution < 1.29 is 0 Å². The maximum Gasteiger partial charge on any atom is 0.0210 e. The van der Waals surface area contributed by atoms with Crippen molar-refractivity contribution in [2.45, 2.75) is 44.2 Å². The predicted molar refractivity (Wildman–Crippen MR) is 90.5 cm³/mol. The topological polar surface area (TPSA) is 12.0 Å². The molecule has 1 aromatic heterocycles. The van der Waals surface area contributed by atoms with E-state index in [-0.39, 0.29) is 0 Å². The third-order valence-corrected chi connectivity index (χ3v) is 5.71. The Morgan fingerprint density at radius 2 is 2.05 bits per heavy atom.